The summed E-state index contributed by atoms with van der Waals surface area (Å²) in [4.78, 5) is 0. The van der Waals surface area contributed by atoms with Gasteiger partial charge >= 0.3 is 0 Å². The van der Waals surface area contributed by atoms with Crippen LogP contribution in [0.4, 0.5) is 4.39 Å². The minimum Gasteiger partial charge on any atom is -0.246 e. The Balaban J connectivity index is 2.78. The third-order valence-electron chi connectivity index (χ3n) is 2.08. The van der Waals surface area contributed by atoms with Gasteiger partial charge in [0.15, 0.2) is 5.25 Å². The summed E-state index contributed by atoms with van der Waals surface area (Å²) in [6.07, 6.45) is -0.849. The fraction of sp³-hybridized carbons (Fsp3) is 0.857. The molecule has 1 aliphatic heterocycles. The first-order chi connectivity index (χ1) is 5.98. The van der Waals surface area contributed by atoms with Crippen molar-refractivity contribution in [2.45, 2.75) is 24.8 Å². The third-order valence-corrected chi connectivity index (χ3v) is 4.13. The summed E-state index contributed by atoms with van der Waals surface area (Å²) in [7, 11) is -3.59. The summed E-state index contributed by atoms with van der Waals surface area (Å²) in [6.45, 7) is 1.39. The van der Waals surface area contributed by atoms with E-state index in [0.29, 0.717) is 0 Å². The lowest BCUT2D eigenvalue weighted by Crippen LogP contribution is -2.35. The number of rotatable bonds is 2. The van der Waals surface area contributed by atoms with Gasteiger partial charge in [0.1, 0.15) is 6.17 Å². The number of sulfonamides is 1. The average Bonchev–Trinajstić information content (AvgIpc) is 2.50. The first-order valence-electron chi connectivity index (χ1n) is 4.01. The number of hydrogen-bond acceptors (Lipinski definition) is 3. The van der Waals surface area contributed by atoms with Gasteiger partial charge in [0.25, 0.3) is 0 Å². The molecule has 0 spiro atoms. The van der Waals surface area contributed by atoms with Crippen LogP contribution >= 0.6 is 0 Å². The lowest BCUT2D eigenvalue weighted by Gasteiger charge is -2.16. The summed E-state index contributed by atoms with van der Waals surface area (Å²) in [5.74, 6) is 0. The molecule has 4 nitrogen and oxygen atoms in total. The van der Waals surface area contributed by atoms with Crippen LogP contribution in [0.15, 0.2) is 0 Å². The second-order valence-corrected chi connectivity index (χ2v) is 5.31. The molecule has 2 unspecified atom stereocenters. The van der Waals surface area contributed by atoms with Gasteiger partial charge in [-0.3, -0.25) is 0 Å². The molecule has 0 N–H and O–H groups in total. The van der Waals surface area contributed by atoms with E-state index in [1.807, 2.05) is 0 Å². The van der Waals surface area contributed by atoms with Crippen molar-refractivity contribution >= 4 is 10.0 Å². The molecule has 0 aromatic rings. The maximum Gasteiger partial charge on any atom is 0.230 e. The van der Waals surface area contributed by atoms with Gasteiger partial charge in [0.05, 0.1) is 6.07 Å². The van der Waals surface area contributed by atoms with Crippen LogP contribution in [-0.4, -0.2) is 37.2 Å². The highest BCUT2D eigenvalue weighted by Gasteiger charge is 2.34. The largest absolute Gasteiger partial charge is 0.246 e. The highest BCUT2D eigenvalue weighted by Crippen LogP contribution is 2.18. The van der Waals surface area contributed by atoms with E-state index in [9.17, 15) is 12.8 Å². The topological polar surface area (TPSA) is 61.2 Å². The highest BCUT2D eigenvalue weighted by molar-refractivity contribution is 7.89. The van der Waals surface area contributed by atoms with Gasteiger partial charge in [-0.1, -0.05) is 0 Å². The van der Waals surface area contributed by atoms with Crippen molar-refractivity contribution in [2.24, 2.45) is 0 Å². The first-order valence-corrected chi connectivity index (χ1v) is 5.51. The van der Waals surface area contributed by atoms with E-state index in [1.165, 1.54) is 6.92 Å². The average molecular weight is 206 g/mol. The molecule has 1 rings (SSSR count). The van der Waals surface area contributed by atoms with Crippen LogP contribution in [0, 0.1) is 11.3 Å². The Hall–Kier alpha value is -0.670. The quantitative estimate of drug-likeness (QED) is 0.651. The molecule has 0 bridgehead atoms. The van der Waals surface area contributed by atoms with E-state index in [2.05, 4.69) is 0 Å². The second-order valence-electron chi connectivity index (χ2n) is 3.06. The van der Waals surface area contributed by atoms with E-state index in [-0.39, 0.29) is 19.5 Å². The monoisotopic (exact) mass is 206 g/mol. The summed E-state index contributed by atoms with van der Waals surface area (Å²) < 4.78 is 36.6. The van der Waals surface area contributed by atoms with Gasteiger partial charge in [-0.25, -0.2) is 12.8 Å². The van der Waals surface area contributed by atoms with E-state index in [1.54, 1.807) is 6.07 Å². The van der Waals surface area contributed by atoms with Gasteiger partial charge in [-0.15, -0.1) is 0 Å². The van der Waals surface area contributed by atoms with Crippen molar-refractivity contribution < 1.29 is 12.8 Å². The Morgan fingerprint density at radius 2 is 2.31 bits per heavy atom. The van der Waals surface area contributed by atoms with Crippen LogP contribution in [-0.2, 0) is 10.0 Å². The van der Waals surface area contributed by atoms with Crippen LogP contribution in [0.3, 0.4) is 0 Å². The molecule has 1 aliphatic rings. The normalized spacial score (nSPS) is 27.0. The Bertz CT molecular complexity index is 322. The Morgan fingerprint density at radius 1 is 1.69 bits per heavy atom. The molecule has 0 aromatic carbocycles. The third kappa shape index (κ3) is 1.98. The van der Waals surface area contributed by atoms with E-state index in [0.717, 1.165) is 4.31 Å². The zero-order chi connectivity index (χ0) is 10.1. The zero-order valence-electron chi connectivity index (χ0n) is 7.27. The lowest BCUT2D eigenvalue weighted by atomic mass is 10.4. The van der Waals surface area contributed by atoms with Gasteiger partial charge < -0.3 is 0 Å². The van der Waals surface area contributed by atoms with Crippen LogP contribution in [0.25, 0.3) is 0 Å². The predicted molar refractivity (Wildman–Crippen MR) is 45.1 cm³/mol. The fourth-order valence-corrected chi connectivity index (χ4v) is 2.52. The molecular weight excluding hydrogens is 195 g/mol. The summed E-state index contributed by atoms with van der Waals surface area (Å²) in [5, 5.41) is 7.36. The van der Waals surface area contributed by atoms with Gasteiger partial charge in [0.2, 0.25) is 10.0 Å². The number of alkyl halides is 1. The Morgan fingerprint density at radius 3 is 2.69 bits per heavy atom. The Labute approximate surface area is 77.0 Å². The minimum absolute atomic E-state index is 0.103. The van der Waals surface area contributed by atoms with Gasteiger partial charge in [0, 0.05) is 13.1 Å². The SMILES string of the molecule is CC(C#N)S(=O)(=O)N1CCC(F)C1. The molecule has 0 saturated carbocycles. The summed E-state index contributed by atoms with van der Waals surface area (Å²) >= 11 is 0. The van der Waals surface area contributed by atoms with Crippen molar-refractivity contribution in [3.63, 3.8) is 0 Å². The van der Waals surface area contributed by atoms with Crippen molar-refractivity contribution in [1.82, 2.24) is 4.31 Å². The smallest absolute Gasteiger partial charge is 0.230 e. The number of nitriles is 1. The molecular formula is C7H11FN2O2S. The number of halogens is 1. The molecule has 1 saturated heterocycles. The summed E-state index contributed by atoms with van der Waals surface area (Å²) in [6, 6.07) is 1.64. The standard InChI is InChI=1S/C7H11FN2O2S/c1-6(4-9)13(11,12)10-3-2-7(8)5-10/h6-7H,2-3,5H2,1H3. The molecule has 13 heavy (non-hydrogen) atoms. The van der Waals surface area contributed by atoms with Crippen LogP contribution in [0.5, 0.6) is 0 Å². The molecule has 1 heterocycles. The highest BCUT2D eigenvalue weighted by atomic mass is 32.2. The number of hydrogen-bond donors (Lipinski definition) is 0. The maximum atomic E-state index is 12.7. The molecule has 74 valence electrons. The maximum absolute atomic E-state index is 12.7. The predicted octanol–water partition coefficient (Wildman–Crippen LogP) is 0.272. The summed E-state index contributed by atoms with van der Waals surface area (Å²) in [5.41, 5.74) is 0. The first kappa shape index (κ1) is 10.4. The molecule has 1 fully saturated rings. The molecule has 2 atom stereocenters. The van der Waals surface area contributed by atoms with Crippen molar-refractivity contribution in [2.75, 3.05) is 13.1 Å². The van der Waals surface area contributed by atoms with Gasteiger partial charge in [-0.2, -0.15) is 9.57 Å². The lowest BCUT2D eigenvalue weighted by molar-refractivity contribution is 0.343. The second kappa shape index (κ2) is 3.60. The zero-order valence-corrected chi connectivity index (χ0v) is 8.09. The van der Waals surface area contributed by atoms with Gasteiger partial charge in [-0.05, 0) is 13.3 Å². The molecule has 0 radical (unpaired) electrons. The van der Waals surface area contributed by atoms with E-state index >= 15 is 0 Å². The van der Waals surface area contributed by atoms with Crippen molar-refractivity contribution in [1.29, 1.82) is 5.26 Å². The van der Waals surface area contributed by atoms with Crippen molar-refractivity contribution in [3.05, 3.63) is 0 Å². The van der Waals surface area contributed by atoms with E-state index in [4.69, 9.17) is 5.26 Å². The van der Waals surface area contributed by atoms with Crippen LogP contribution in [0.1, 0.15) is 13.3 Å². The van der Waals surface area contributed by atoms with Crippen LogP contribution < -0.4 is 0 Å². The van der Waals surface area contributed by atoms with E-state index < -0.39 is 21.4 Å². The fourth-order valence-electron chi connectivity index (χ4n) is 1.21. The van der Waals surface area contributed by atoms with Crippen molar-refractivity contribution in [3.8, 4) is 6.07 Å². The number of nitrogens with zero attached hydrogens (tertiary/aromatic N) is 2. The Kier molecular flexibility index (Phi) is 2.88. The molecule has 0 aromatic heterocycles. The molecule has 0 amide bonds. The molecule has 0 aliphatic carbocycles. The van der Waals surface area contributed by atoms with Crippen LogP contribution in [0.2, 0.25) is 0 Å². The minimum atomic E-state index is -3.59. The molecule has 6 heteroatoms.